The van der Waals surface area contributed by atoms with Gasteiger partial charge in [-0.25, -0.2) is 4.98 Å². The van der Waals surface area contributed by atoms with Gasteiger partial charge < -0.3 is 15.0 Å². The Labute approximate surface area is 89.4 Å². The first kappa shape index (κ1) is 9.36. The Morgan fingerprint density at radius 1 is 1.47 bits per heavy atom. The molecule has 1 saturated heterocycles. The smallest absolute Gasteiger partial charge is 0.110 e. The predicted octanol–water partition coefficient (Wildman–Crippen LogP) is 0.660. The van der Waals surface area contributed by atoms with Crippen LogP contribution in [0.1, 0.15) is 30.3 Å². The summed E-state index contributed by atoms with van der Waals surface area (Å²) in [5, 5.41) is 0. The van der Waals surface area contributed by atoms with Crippen molar-refractivity contribution in [3.8, 4) is 0 Å². The van der Waals surface area contributed by atoms with Gasteiger partial charge in [-0.05, 0) is 12.8 Å². The second kappa shape index (κ2) is 3.61. The molecule has 1 fully saturated rings. The van der Waals surface area contributed by atoms with E-state index in [1.807, 2.05) is 0 Å². The molecular weight excluding hydrogens is 190 g/mol. The van der Waals surface area contributed by atoms with Crippen LogP contribution in [0.25, 0.3) is 0 Å². The van der Waals surface area contributed by atoms with Crippen molar-refractivity contribution in [1.82, 2.24) is 9.55 Å². The number of rotatable bonds is 1. The molecule has 1 aromatic heterocycles. The number of aryl methyl sites for hydroxylation is 1. The largest absolute Gasteiger partial charge is 0.381 e. The maximum atomic E-state index is 5.93. The van der Waals surface area contributed by atoms with Gasteiger partial charge in [0.05, 0.1) is 12.3 Å². The fraction of sp³-hybridized carbons (Fsp3) is 0.727. The molecule has 0 saturated carbocycles. The summed E-state index contributed by atoms with van der Waals surface area (Å²) in [6.07, 6.45) is 5.31. The van der Waals surface area contributed by atoms with Crippen LogP contribution in [-0.4, -0.2) is 28.8 Å². The van der Waals surface area contributed by atoms with Gasteiger partial charge >= 0.3 is 0 Å². The highest BCUT2D eigenvalue weighted by Gasteiger charge is 2.24. The lowest BCUT2D eigenvalue weighted by Gasteiger charge is -2.18. The maximum Gasteiger partial charge on any atom is 0.110 e. The van der Waals surface area contributed by atoms with Gasteiger partial charge in [0.2, 0.25) is 0 Å². The van der Waals surface area contributed by atoms with Crippen molar-refractivity contribution >= 4 is 0 Å². The SMILES string of the molecule is NC1CCn2cc(C3CCOC3)nc2C1. The molecule has 0 aromatic carbocycles. The lowest BCUT2D eigenvalue weighted by atomic mass is 10.1. The van der Waals surface area contributed by atoms with Crippen molar-refractivity contribution in [3.63, 3.8) is 0 Å². The van der Waals surface area contributed by atoms with E-state index in [9.17, 15) is 0 Å². The van der Waals surface area contributed by atoms with Gasteiger partial charge in [-0.3, -0.25) is 0 Å². The molecule has 2 aliphatic rings. The number of hydrogen-bond acceptors (Lipinski definition) is 3. The van der Waals surface area contributed by atoms with Gasteiger partial charge in [0.25, 0.3) is 0 Å². The molecule has 1 aromatic rings. The summed E-state index contributed by atoms with van der Waals surface area (Å²) in [4.78, 5) is 4.69. The molecule has 15 heavy (non-hydrogen) atoms. The Balaban J connectivity index is 1.85. The molecular formula is C11H17N3O. The molecule has 82 valence electrons. The summed E-state index contributed by atoms with van der Waals surface area (Å²) in [6, 6.07) is 0.299. The normalized spacial score (nSPS) is 30.5. The van der Waals surface area contributed by atoms with Crippen LogP contribution >= 0.6 is 0 Å². The quantitative estimate of drug-likeness (QED) is 0.736. The van der Waals surface area contributed by atoms with E-state index in [0.717, 1.165) is 44.8 Å². The average Bonchev–Trinajstić information content (AvgIpc) is 2.84. The van der Waals surface area contributed by atoms with Crippen molar-refractivity contribution < 1.29 is 4.74 Å². The fourth-order valence-electron chi connectivity index (χ4n) is 2.44. The molecule has 0 aliphatic carbocycles. The number of fused-ring (bicyclic) bond motifs is 1. The third kappa shape index (κ3) is 1.68. The van der Waals surface area contributed by atoms with Crippen LogP contribution in [0.15, 0.2) is 6.20 Å². The first-order valence-electron chi connectivity index (χ1n) is 5.72. The summed E-state index contributed by atoms with van der Waals surface area (Å²) in [5.74, 6) is 1.68. The highest BCUT2D eigenvalue weighted by atomic mass is 16.5. The molecule has 0 spiro atoms. The van der Waals surface area contributed by atoms with E-state index in [2.05, 4.69) is 15.7 Å². The summed E-state index contributed by atoms with van der Waals surface area (Å²) in [7, 11) is 0. The minimum Gasteiger partial charge on any atom is -0.381 e. The van der Waals surface area contributed by atoms with E-state index in [1.165, 1.54) is 5.69 Å². The van der Waals surface area contributed by atoms with Crippen molar-refractivity contribution in [1.29, 1.82) is 0 Å². The van der Waals surface area contributed by atoms with Crippen molar-refractivity contribution in [3.05, 3.63) is 17.7 Å². The summed E-state index contributed by atoms with van der Waals surface area (Å²) < 4.78 is 7.65. The van der Waals surface area contributed by atoms with Crippen LogP contribution in [0, 0.1) is 0 Å². The monoisotopic (exact) mass is 207 g/mol. The first-order valence-corrected chi connectivity index (χ1v) is 5.72. The fourth-order valence-corrected chi connectivity index (χ4v) is 2.44. The zero-order valence-corrected chi connectivity index (χ0v) is 8.85. The van der Waals surface area contributed by atoms with Gasteiger partial charge in [0.1, 0.15) is 5.82 Å². The van der Waals surface area contributed by atoms with Crippen molar-refractivity contribution in [2.75, 3.05) is 13.2 Å². The Hall–Kier alpha value is -0.870. The number of imidazole rings is 1. The topological polar surface area (TPSA) is 53.1 Å². The van der Waals surface area contributed by atoms with E-state index in [4.69, 9.17) is 10.5 Å². The first-order chi connectivity index (χ1) is 7.33. The van der Waals surface area contributed by atoms with Crippen LogP contribution in [-0.2, 0) is 17.7 Å². The Morgan fingerprint density at radius 3 is 3.20 bits per heavy atom. The highest BCUT2D eigenvalue weighted by Crippen LogP contribution is 2.26. The Kier molecular flexibility index (Phi) is 2.25. The molecule has 0 amide bonds. The summed E-state index contributed by atoms with van der Waals surface area (Å²) in [6.45, 7) is 2.74. The van der Waals surface area contributed by atoms with Crippen LogP contribution < -0.4 is 5.73 Å². The third-order valence-corrected chi connectivity index (χ3v) is 3.41. The van der Waals surface area contributed by atoms with Gasteiger partial charge in [-0.15, -0.1) is 0 Å². The van der Waals surface area contributed by atoms with Gasteiger partial charge in [-0.1, -0.05) is 0 Å². The molecule has 2 unspecified atom stereocenters. The molecule has 3 heterocycles. The van der Waals surface area contributed by atoms with Gasteiger partial charge in [0.15, 0.2) is 0 Å². The standard InChI is InChI=1S/C11H17N3O/c12-9-1-3-14-6-10(13-11(14)5-9)8-2-4-15-7-8/h6,8-9H,1-5,7,12H2. The lowest BCUT2D eigenvalue weighted by molar-refractivity contribution is 0.193. The predicted molar refractivity (Wildman–Crippen MR) is 56.7 cm³/mol. The minimum absolute atomic E-state index is 0.299. The zero-order valence-electron chi connectivity index (χ0n) is 8.85. The number of nitrogens with two attached hydrogens (primary N) is 1. The number of nitrogens with zero attached hydrogens (tertiary/aromatic N) is 2. The average molecular weight is 207 g/mol. The van der Waals surface area contributed by atoms with Gasteiger partial charge in [-0.2, -0.15) is 0 Å². The van der Waals surface area contributed by atoms with E-state index < -0.39 is 0 Å². The number of ether oxygens (including phenoxy) is 1. The van der Waals surface area contributed by atoms with Crippen LogP contribution in [0.4, 0.5) is 0 Å². The van der Waals surface area contributed by atoms with E-state index in [0.29, 0.717) is 12.0 Å². The highest BCUT2D eigenvalue weighted by molar-refractivity contribution is 5.13. The molecule has 0 bridgehead atoms. The lowest BCUT2D eigenvalue weighted by Crippen LogP contribution is -2.30. The van der Waals surface area contributed by atoms with E-state index in [1.54, 1.807) is 0 Å². The van der Waals surface area contributed by atoms with Crippen LogP contribution in [0.5, 0.6) is 0 Å². The van der Waals surface area contributed by atoms with Crippen LogP contribution in [0.3, 0.4) is 0 Å². The molecule has 2 aliphatic heterocycles. The van der Waals surface area contributed by atoms with Crippen LogP contribution in [0.2, 0.25) is 0 Å². The zero-order chi connectivity index (χ0) is 10.3. The molecule has 2 atom stereocenters. The summed E-state index contributed by atoms with van der Waals surface area (Å²) >= 11 is 0. The summed E-state index contributed by atoms with van der Waals surface area (Å²) in [5.41, 5.74) is 7.14. The third-order valence-electron chi connectivity index (χ3n) is 3.41. The van der Waals surface area contributed by atoms with E-state index in [-0.39, 0.29) is 0 Å². The van der Waals surface area contributed by atoms with Crippen molar-refractivity contribution in [2.45, 2.75) is 37.8 Å². The molecule has 3 rings (SSSR count). The van der Waals surface area contributed by atoms with Crippen molar-refractivity contribution in [2.24, 2.45) is 5.73 Å². The number of hydrogen-bond donors (Lipinski definition) is 1. The molecule has 4 heteroatoms. The second-order valence-corrected chi connectivity index (χ2v) is 4.59. The number of aromatic nitrogens is 2. The van der Waals surface area contributed by atoms with E-state index >= 15 is 0 Å². The maximum absolute atomic E-state index is 5.93. The molecule has 4 nitrogen and oxygen atoms in total. The Morgan fingerprint density at radius 2 is 2.40 bits per heavy atom. The minimum atomic E-state index is 0.299. The Bertz CT molecular complexity index is 355. The second-order valence-electron chi connectivity index (χ2n) is 4.59. The van der Waals surface area contributed by atoms with Gasteiger partial charge in [0, 0.05) is 37.7 Å². The molecule has 0 radical (unpaired) electrons. The molecule has 2 N–H and O–H groups in total.